The van der Waals surface area contributed by atoms with E-state index in [1.807, 2.05) is 6.07 Å². The second kappa shape index (κ2) is 5.14. The Balaban J connectivity index is 2.05. The molecule has 0 bridgehead atoms. The molecule has 0 amide bonds. The van der Waals surface area contributed by atoms with E-state index in [4.69, 9.17) is 11.6 Å². The molecule has 0 radical (unpaired) electrons. The van der Waals surface area contributed by atoms with Crippen molar-refractivity contribution < 1.29 is 8.78 Å². The van der Waals surface area contributed by atoms with E-state index in [2.05, 4.69) is 10.3 Å². The average Bonchev–Trinajstić information content (AvgIpc) is 2.74. The van der Waals surface area contributed by atoms with Gasteiger partial charge in [-0.05, 0) is 18.2 Å². The van der Waals surface area contributed by atoms with Gasteiger partial charge < -0.3 is 5.32 Å². The van der Waals surface area contributed by atoms with E-state index in [0.717, 1.165) is 10.3 Å². The Morgan fingerprint density at radius 2 is 2.24 bits per heavy atom. The van der Waals surface area contributed by atoms with Crippen LogP contribution in [0.15, 0.2) is 36.7 Å². The van der Waals surface area contributed by atoms with Gasteiger partial charge in [0.15, 0.2) is 0 Å². The summed E-state index contributed by atoms with van der Waals surface area (Å²) in [4.78, 5) is 3.86. The molecule has 2 aromatic rings. The Bertz CT molecular complexity index is 499. The molecule has 0 spiro atoms. The van der Waals surface area contributed by atoms with Gasteiger partial charge in [0.2, 0.25) is 0 Å². The number of imidazole rings is 1. The van der Waals surface area contributed by atoms with Crippen LogP contribution in [0.25, 0.3) is 0 Å². The molecular formula is C11H10ClF2N3. The lowest BCUT2D eigenvalue weighted by Crippen LogP contribution is -2.08. The number of alkyl halides is 2. The maximum absolute atomic E-state index is 12.5. The minimum atomic E-state index is -2.58. The maximum atomic E-state index is 12.5. The van der Waals surface area contributed by atoms with E-state index in [9.17, 15) is 8.78 Å². The number of hydrogen-bond acceptors (Lipinski definition) is 2. The summed E-state index contributed by atoms with van der Waals surface area (Å²) < 4.78 is 25.9. The van der Waals surface area contributed by atoms with Crippen LogP contribution >= 0.6 is 11.6 Å². The van der Waals surface area contributed by atoms with Gasteiger partial charge in [-0.2, -0.15) is 8.78 Å². The zero-order valence-electron chi connectivity index (χ0n) is 8.78. The highest BCUT2D eigenvalue weighted by Gasteiger charge is 2.10. The summed E-state index contributed by atoms with van der Waals surface area (Å²) >= 11 is 5.81. The van der Waals surface area contributed by atoms with Gasteiger partial charge in [0.25, 0.3) is 0 Å². The molecule has 1 aromatic carbocycles. The summed E-state index contributed by atoms with van der Waals surface area (Å²) in [7, 11) is 0. The monoisotopic (exact) mass is 257 g/mol. The predicted octanol–water partition coefficient (Wildman–Crippen LogP) is 3.54. The van der Waals surface area contributed by atoms with Gasteiger partial charge in [0.05, 0.1) is 6.54 Å². The second-order valence-corrected chi connectivity index (χ2v) is 3.83. The lowest BCUT2D eigenvalue weighted by atomic mass is 10.3. The molecule has 0 fully saturated rings. The summed E-state index contributed by atoms with van der Waals surface area (Å²) in [6.45, 7) is -2.36. The summed E-state index contributed by atoms with van der Waals surface area (Å²) in [6.07, 6.45) is 2.60. The smallest absolute Gasteiger partial charge is 0.319 e. The number of halogens is 3. The van der Waals surface area contributed by atoms with Crippen LogP contribution in [0.2, 0.25) is 5.02 Å². The topological polar surface area (TPSA) is 29.9 Å². The molecule has 1 N–H and O–H groups in total. The minimum Gasteiger partial charge on any atom is -0.378 e. The summed E-state index contributed by atoms with van der Waals surface area (Å²) in [5.41, 5.74) is 0.765. The van der Waals surface area contributed by atoms with Crippen molar-refractivity contribution in [2.45, 2.75) is 13.1 Å². The predicted molar refractivity (Wildman–Crippen MR) is 62.3 cm³/mol. The van der Waals surface area contributed by atoms with Gasteiger partial charge >= 0.3 is 6.55 Å². The zero-order chi connectivity index (χ0) is 12.3. The summed E-state index contributed by atoms with van der Waals surface area (Å²) in [5, 5.41) is 3.57. The Morgan fingerprint density at radius 3 is 2.94 bits per heavy atom. The fraction of sp³-hybridized carbons (Fsp3) is 0.182. The van der Waals surface area contributed by atoms with E-state index in [-0.39, 0.29) is 12.4 Å². The lowest BCUT2D eigenvalue weighted by molar-refractivity contribution is 0.0673. The number of nitrogens with one attached hydrogen (secondary N) is 1. The normalized spacial score (nSPS) is 10.8. The van der Waals surface area contributed by atoms with E-state index in [1.54, 1.807) is 18.2 Å². The average molecular weight is 258 g/mol. The number of hydrogen-bond donors (Lipinski definition) is 1. The van der Waals surface area contributed by atoms with Crippen LogP contribution in [0.5, 0.6) is 0 Å². The molecule has 0 atom stereocenters. The number of nitrogens with zero attached hydrogens (tertiary/aromatic N) is 2. The quantitative estimate of drug-likeness (QED) is 0.908. The Kier molecular flexibility index (Phi) is 3.58. The van der Waals surface area contributed by atoms with Crippen molar-refractivity contribution in [3.8, 4) is 0 Å². The van der Waals surface area contributed by atoms with Crippen LogP contribution in [0, 0.1) is 0 Å². The Labute approximate surface area is 102 Å². The van der Waals surface area contributed by atoms with Crippen molar-refractivity contribution in [1.82, 2.24) is 9.55 Å². The van der Waals surface area contributed by atoms with Gasteiger partial charge in [-0.3, -0.25) is 4.57 Å². The van der Waals surface area contributed by atoms with E-state index in [0.29, 0.717) is 5.02 Å². The first-order chi connectivity index (χ1) is 8.16. The van der Waals surface area contributed by atoms with E-state index >= 15 is 0 Å². The molecule has 1 heterocycles. The molecule has 6 heteroatoms. The van der Waals surface area contributed by atoms with Gasteiger partial charge in [-0.1, -0.05) is 17.7 Å². The molecule has 0 aliphatic carbocycles. The summed E-state index contributed by atoms with van der Waals surface area (Å²) in [6, 6.07) is 7.05. The van der Waals surface area contributed by atoms with E-state index < -0.39 is 6.55 Å². The molecule has 17 heavy (non-hydrogen) atoms. The number of aromatic nitrogens is 2. The van der Waals surface area contributed by atoms with Crippen LogP contribution < -0.4 is 5.32 Å². The lowest BCUT2D eigenvalue weighted by Gasteiger charge is -2.08. The largest absolute Gasteiger partial charge is 0.378 e. The molecule has 0 saturated carbocycles. The SMILES string of the molecule is FC(F)n1ccnc1CNc1cccc(Cl)c1. The molecule has 0 aliphatic rings. The highest BCUT2D eigenvalue weighted by molar-refractivity contribution is 6.30. The number of benzene rings is 1. The first kappa shape index (κ1) is 11.9. The van der Waals surface area contributed by atoms with Crippen molar-refractivity contribution in [1.29, 1.82) is 0 Å². The zero-order valence-corrected chi connectivity index (χ0v) is 9.53. The molecule has 0 unspecified atom stereocenters. The second-order valence-electron chi connectivity index (χ2n) is 3.39. The summed E-state index contributed by atoms with van der Waals surface area (Å²) in [5.74, 6) is 0.278. The maximum Gasteiger partial charge on any atom is 0.319 e. The standard InChI is InChI=1S/C11H10ClF2N3/c12-8-2-1-3-9(6-8)16-7-10-15-4-5-17(10)11(13)14/h1-6,11,16H,7H2. The molecule has 90 valence electrons. The van der Waals surface area contributed by atoms with Crippen molar-refractivity contribution in [3.05, 3.63) is 47.5 Å². The Morgan fingerprint density at radius 1 is 1.41 bits per heavy atom. The van der Waals surface area contributed by atoms with Crippen LogP contribution in [0.4, 0.5) is 14.5 Å². The fourth-order valence-electron chi connectivity index (χ4n) is 1.44. The van der Waals surface area contributed by atoms with Crippen LogP contribution in [-0.2, 0) is 6.54 Å². The van der Waals surface area contributed by atoms with Crippen molar-refractivity contribution in [2.24, 2.45) is 0 Å². The van der Waals surface area contributed by atoms with Gasteiger partial charge in [-0.15, -0.1) is 0 Å². The molecular weight excluding hydrogens is 248 g/mol. The molecule has 0 saturated heterocycles. The molecule has 1 aromatic heterocycles. The number of anilines is 1. The van der Waals surface area contributed by atoms with Crippen molar-refractivity contribution in [2.75, 3.05) is 5.32 Å². The van der Waals surface area contributed by atoms with Crippen LogP contribution in [-0.4, -0.2) is 9.55 Å². The molecule has 0 aliphatic heterocycles. The minimum absolute atomic E-state index is 0.220. The van der Waals surface area contributed by atoms with Crippen LogP contribution in [0.1, 0.15) is 12.4 Å². The third-order valence-electron chi connectivity index (χ3n) is 2.23. The van der Waals surface area contributed by atoms with Gasteiger partial charge in [0.1, 0.15) is 5.82 Å². The van der Waals surface area contributed by atoms with E-state index in [1.165, 1.54) is 12.4 Å². The van der Waals surface area contributed by atoms with Crippen LogP contribution in [0.3, 0.4) is 0 Å². The third kappa shape index (κ3) is 2.94. The number of rotatable bonds is 4. The third-order valence-corrected chi connectivity index (χ3v) is 2.47. The van der Waals surface area contributed by atoms with Gasteiger partial charge in [-0.25, -0.2) is 4.98 Å². The molecule has 2 rings (SSSR count). The fourth-order valence-corrected chi connectivity index (χ4v) is 1.63. The molecule has 3 nitrogen and oxygen atoms in total. The van der Waals surface area contributed by atoms with Crippen molar-refractivity contribution >= 4 is 17.3 Å². The highest BCUT2D eigenvalue weighted by atomic mass is 35.5. The van der Waals surface area contributed by atoms with Gasteiger partial charge in [0, 0.05) is 23.1 Å². The Hall–Kier alpha value is -1.62. The van der Waals surface area contributed by atoms with Crippen molar-refractivity contribution in [3.63, 3.8) is 0 Å². The first-order valence-corrected chi connectivity index (χ1v) is 5.34. The highest BCUT2D eigenvalue weighted by Crippen LogP contribution is 2.17. The first-order valence-electron chi connectivity index (χ1n) is 4.96.